The molecule has 2 rings (SSSR count). The predicted molar refractivity (Wildman–Crippen MR) is 123 cm³/mol. The number of anilines is 1. The van der Waals surface area contributed by atoms with Crippen LogP contribution in [0.5, 0.6) is 0 Å². The number of benzene rings is 1. The summed E-state index contributed by atoms with van der Waals surface area (Å²) in [6.07, 6.45) is 0.418. The number of guanidine groups is 1. The number of likely N-dealkylation sites (N-methyl/N-ethyl adjacent to an activating group) is 2. The number of hydrogen-bond donors (Lipinski definition) is 3. The Bertz CT molecular complexity index is 699. The SMILES string of the molecule is CN=C(NCCc1ccc(NC(=O)OC(C)(C)C)cc1)NCC1CN(C)CCN1C. The maximum Gasteiger partial charge on any atom is 0.412 e. The normalized spacial score (nSPS) is 18.7. The van der Waals surface area contributed by atoms with Crippen LogP contribution < -0.4 is 16.0 Å². The summed E-state index contributed by atoms with van der Waals surface area (Å²) in [6, 6.07) is 8.28. The van der Waals surface area contributed by atoms with Crippen molar-refractivity contribution in [1.82, 2.24) is 20.4 Å². The van der Waals surface area contributed by atoms with E-state index in [0.29, 0.717) is 6.04 Å². The Kier molecular flexibility index (Phi) is 8.92. The van der Waals surface area contributed by atoms with Crippen molar-refractivity contribution in [3.05, 3.63) is 29.8 Å². The average Bonchev–Trinajstić information content (AvgIpc) is 2.66. The molecule has 168 valence electrons. The van der Waals surface area contributed by atoms with Crippen LogP contribution in [0.1, 0.15) is 26.3 Å². The van der Waals surface area contributed by atoms with Gasteiger partial charge in [-0.1, -0.05) is 12.1 Å². The first-order valence-corrected chi connectivity index (χ1v) is 10.6. The van der Waals surface area contributed by atoms with E-state index in [1.165, 1.54) is 5.56 Å². The van der Waals surface area contributed by atoms with Gasteiger partial charge in [-0.2, -0.15) is 0 Å². The van der Waals surface area contributed by atoms with Crippen molar-refractivity contribution in [2.45, 2.75) is 38.8 Å². The van der Waals surface area contributed by atoms with Crippen LogP contribution in [-0.4, -0.2) is 87.4 Å². The average molecular weight is 419 g/mol. The fourth-order valence-corrected chi connectivity index (χ4v) is 3.26. The molecule has 0 aromatic heterocycles. The molecule has 0 bridgehead atoms. The minimum atomic E-state index is -0.509. The largest absolute Gasteiger partial charge is 0.444 e. The van der Waals surface area contributed by atoms with Gasteiger partial charge in [0.15, 0.2) is 5.96 Å². The van der Waals surface area contributed by atoms with Gasteiger partial charge in [0.1, 0.15) is 5.60 Å². The zero-order chi connectivity index (χ0) is 22.1. The monoisotopic (exact) mass is 418 g/mol. The minimum absolute atomic E-state index is 0.443. The molecule has 1 unspecified atom stereocenters. The molecule has 1 heterocycles. The zero-order valence-electron chi connectivity index (χ0n) is 19.3. The Morgan fingerprint density at radius 2 is 1.87 bits per heavy atom. The fraction of sp³-hybridized carbons (Fsp3) is 0.636. The Labute approximate surface area is 181 Å². The number of piperazine rings is 1. The van der Waals surface area contributed by atoms with Crippen molar-refractivity contribution in [1.29, 1.82) is 0 Å². The third-order valence-corrected chi connectivity index (χ3v) is 5.01. The van der Waals surface area contributed by atoms with Crippen LogP contribution in [0.15, 0.2) is 29.3 Å². The van der Waals surface area contributed by atoms with Gasteiger partial charge in [0.05, 0.1) is 0 Å². The number of carbonyl (C=O) groups is 1. The summed E-state index contributed by atoms with van der Waals surface area (Å²) < 4.78 is 5.27. The van der Waals surface area contributed by atoms with Crippen molar-refractivity contribution < 1.29 is 9.53 Å². The summed E-state index contributed by atoms with van der Waals surface area (Å²) in [5, 5.41) is 9.56. The summed E-state index contributed by atoms with van der Waals surface area (Å²) in [7, 11) is 6.14. The molecule has 1 saturated heterocycles. The standard InChI is InChI=1S/C22H38N6O2/c1-22(2,3)30-21(29)26-18-9-7-17(8-10-18)11-12-24-20(23-4)25-15-19-16-27(5)13-14-28(19)6/h7-10,19H,11-16H2,1-6H3,(H,26,29)(H2,23,24,25). The lowest BCUT2D eigenvalue weighted by Gasteiger charge is -2.37. The molecule has 8 heteroatoms. The maximum atomic E-state index is 11.8. The first-order chi connectivity index (χ1) is 14.2. The van der Waals surface area contributed by atoms with E-state index in [1.54, 1.807) is 7.05 Å². The van der Waals surface area contributed by atoms with Gasteiger partial charge in [-0.3, -0.25) is 15.2 Å². The van der Waals surface area contributed by atoms with Crippen LogP contribution in [0.25, 0.3) is 0 Å². The lowest BCUT2D eigenvalue weighted by molar-refractivity contribution is 0.0636. The molecule has 1 aliphatic rings. The number of nitrogens with one attached hydrogen (secondary N) is 3. The molecule has 1 atom stereocenters. The van der Waals surface area contributed by atoms with Gasteiger partial charge in [-0.15, -0.1) is 0 Å². The van der Waals surface area contributed by atoms with Gasteiger partial charge in [0.25, 0.3) is 0 Å². The van der Waals surface area contributed by atoms with Gasteiger partial charge in [0, 0.05) is 51.5 Å². The molecule has 1 aliphatic heterocycles. The van der Waals surface area contributed by atoms with Gasteiger partial charge >= 0.3 is 6.09 Å². The quantitative estimate of drug-likeness (QED) is 0.484. The van der Waals surface area contributed by atoms with Crippen LogP contribution in [0, 0.1) is 0 Å². The smallest absolute Gasteiger partial charge is 0.412 e. The lowest BCUT2D eigenvalue weighted by atomic mass is 10.1. The van der Waals surface area contributed by atoms with E-state index in [-0.39, 0.29) is 0 Å². The predicted octanol–water partition coefficient (Wildman–Crippen LogP) is 1.99. The van der Waals surface area contributed by atoms with E-state index < -0.39 is 11.7 Å². The van der Waals surface area contributed by atoms with Crippen LogP contribution in [0.2, 0.25) is 0 Å². The lowest BCUT2D eigenvalue weighted by Crippen LogP contribution is -2.55. The fourth-order valence-electron chi connectivity index (χ4n) is 3.26. The van der Waals surface area contributed by atoms with E-state index in [0.717, 1.165) is 50.8 Å². The van der Waals surface area contributed by atoms with E-state index in [4.69, 9.17) is 4.74 Å². The second-order valence-electron chi connectivity index (χ2n) is 8.85. The summed E-state index contributed by atoms with van der Waals surface area (Å²) in [4.78, 5) is 20.9. The molecule has 1 fully saturated rings. The number of carbonyl (C=O) groups excluding carboxylic acids is 1. The second kappa shape index (κ2) is 11.2. The number of aliphatic imine (C=N–C) groups is 1. The van der Waals surface area contributed by atoms with Crippen LogP contribution in [0.4, 0.5) is 10.5 Å². The van der Waals surface area contributed by atoms with Crippen molar-refractivity contribution in [2.75, 3.05) is 59.2 Å². The molecule has 1 aromatic carbocycles. The number of hydrogen-bond acceptors (Lipinski definition) is 5. The second-order valence-corrected chi connectivity index (χ2v) is 8.85. The number of rotatable bonds is 6. The number of nitrogens with zero attached hydrogens (tertiary/aromatic N) is 3. The Morgan fingerprint density at radius 3 is 2.50 bits per heavy atom. The minimum Gasteiger partial charge on any atom is -0.444 e. The highest BCUT2D eigenvalue weighted by atomic mass is 16.6. The molecule has 1 amide bonds. The summed E-state index contributed by atoms with van der Waals surface area (Å²) >= 11 is 0. The van der Waals surface area contributed by atoms with E-state index in [9.17, 15) is 4.79 Å². The van der Waals surface area contributed by atoms with Crippen molar-refractivity contribution >= 4 is 17.7 Å². The van der Waals surface area contributed by atoms with Crippen molar-refractivity contribution in [3.8, 4) is 0 Å². The Morgan fingerprint density at radius 1 is 1.17 bits per heavy atom. The first-order valence-electron chi connectivity index (χ1n) is 10.6. The topological polar surface area (TPSA) is 81.2 Å². The summed E-state index contributed by atoms with van der Waals surface area (Å²) in [5.74, 6) is 0.819. The zero-order valence-corrected chi connectivity index (χ0v) is 19.3. The highest BCUT2D eigenvalue weighted by Gasteiger charge is 2.22. The third kappa shape index (κ3) is 8.59. The van der Waals surface area contributed by atoms with Crippen LogP contribution >= 0.6 is 0 Å². The van der Waals surface area contributed by atoms with Crippen LogP contribution in [-0.2, 0) is 11.2 Å². The molecule has 8 nitrogen and oxygen atoms in total. The highest BCUT2D eigenvalue weighted by Crippen LogP contribution is 2.13. The number of amides is 1. The van der Waals surface area contributed by atoms with Gasteiger partial charge < -0.3 is 20.3 Å². The van der Waals surface area contributed by atoms with Gasteiger partial charge in [-0.05, 0) is 59.0 Å². The van der Waals surface area contributed by atoms with Gasteiger partial charge in [-0.25, -0.2) is 4.79 Å². The molecule has 1 aromatic rings. The molecular formula is C22H38N6O2. The molecule has 0 aliphatic carbocycles. The van der Waals surface area contributed by atoms with E-state index in [2.05, 4.69) is 44.8 Å². The molecule has 0 spiro atoms. The maximum absolute atomic E-state index is 11.8. The summed E-state index contributed by atoms with van der Waals surface area (Å²) in [5.41, 5.74) is 1.39. The molecular weight excluding hydrogens is 380 g/mol. The summed E-state index contributed by atoms with van der Waals surface area (Å²) in [6.45, 7) is 10.4. The van der Waals surface area contributed by atoms with Crippen LogP contribution in [0.3, 0.4) is 0 Å². The Hall–Kier alpha value is -2.32. The van der Waals surface area contributed by atoms with Gasteiger partial charge in [0.2, 0.25) is 0 Å². The number of ether oxygens (including phenoxy) is 1. The van der Waals surface area contributed by atoms with Crippen molar-refractivity contribution in [3.63, 3.8) is 0 Å². The Balaban J connectivity index is 1.72. The van der Waals surface area contributed by atoms with E-state index >= 15 is 0 Å². The van der Waals surface area contributed by atoms with Crippen molar-refractivity contribution in [2.24, 2.45) is 4.99 Å². The first kappa shape index (κ1) is 24.0. The molecule has 30 heavy (non-hydrogen) atoms. The molecule has 0 saturated carbocycles. The molecule has 3 N–H and O–H groups in total. The highest BCUT2D eigenvalue weighted by molar-refractivity contribution is 5.84. The molecule has 0 radical (unpaired) electrons. The third-order valence-electron chi connectivity index (χ3n) is 5.01. The van der Waals surface area contributed by atoms with E-state index in [1.807, 2.05) is 45.0 Å².